The predicted octanol–water partition coefficient (Wildman–Crippen LogP) is 2.68. The van der Waals surface area contributed by atoms with Gasteiger partial charge in [-0.15, -0.1) is 0 Å². The lowest BCUT2D eigenvalue weighted by Crippen LogP contribution is -2.00. The summed E-state index contributed by atoms with van der Waals surface area (Å²) in [7, 11) is 0. The van der Waals surface area contributed by atoms with E-state index in [-0.39, 0.29) is 6.61 Å². The van der Waals surface area contributed by atoms with Gasteiger partial charge in [-0.25, -0.2) is 0 Å². The number of anilines is 2. The van der Waals surface area contributed by atoms with Crippen LogP contribution in [0.5, 0.6) is 0 Å². The summed E-state index contributed by atoms with van der Waals surface area (Å²) in [6.07, 6.45) is 0. The zero-order chi connectivity index (χ0) is 13.0. The summed E-state index contributed by atoms with van der Waals surface area (Å²) in [5.74, 6) is 0. The first kappa shape index (κ1) is 12.5. The summed E-state index contributed by atoms with van der Waals surface area (Å²) >= 11 is 0. The molecule has 0 aliphatic carbocycles. The second kappa shape index (κ2) is 5.56. The van der Waals surface area contributed by atoms with Crippen molar-refractivity contribution in [2.45, 2.75) is 20.1 Å². The van der Waals surface area contributed by atoms with Gasteiger partial charge in [-0.1, -0.05) is 24.3 Å². The van der Waals surface area contributed by atoms with Crippen LogP contribution in [0.2, 0.25) is 0 Å². The monoisotopic (exact) mass is 242 g/mol. The fourth-order valence-corrected chi connectivity index (χ4v) is 1.88. The lowest BCUT2D eigenvalue weighted by molar-refractivity contribution is 0.282. The van der Waals surface area contributed by atoms with E-state index in [1.165, 1.54) is 5.56 Å². The molecule has 18 heavy (non-hydrogen) atoms. The lowest BCUT2D eigenvalue weighted by atomic mass is 10.1. The molecule has 0 saturated heterocycles. The standard InChI is InChI=1S/C15H18N2O/c1-11-6-14(16)8-15(7-11)17-9-12-2-4-13(10-18)5-3-12/h2-8,17-18H,9-10,16H2,1H3. The van der Waals surface area contributed by atoms with Crippen molar-refractivity contribution in [2.24, 2.45) is 0 Å². The van der Waals surface area contributed by atoms with E-state index in [0.29, 0.717) is 0 Å². The number of aryl methyl sites for hydroxylation is 1. The topological polar surface area (TPSA) is 58.3 Å². The number of hydrogen-bond donors (Lipinski definition) is 3. The Morgan fingerprint density at radius 1 is 1.06 bits per heavy atom. The van der Waals surface area contributed by atoms with Gasteiger partial charge in [0, 0.05) is 17.9 Å². The largest absolute Gasteiger partial charge is 0.399 e. The van der Waals surface area contributed by atoms with Crippen molar-refractivity contribution in [1.82, 2.24) is 0 Å². The van der Waals surface area contributed by atoms with E-state index < -0.39 is 0 Å². The van der Waals surface area contributed by atoms with Crippen LogP contribution < -0.4 is 11.1 Å². The highest BCUT2D eigenvalue weighted by atomic mass is 16.3. The van der Waals surface area contributed by atoms with Gasteiger partial charge in [0.25, 0.3) is 0 Å². The van der Waals surface area contributed by atoms with Crippen molar-refractivity contribution in [1.29, 1.82) is 0 Å². The molecule has 0 bridgehead atoms. The van der Waals surface area contributed by atoms with Crippen molar-refractivity contribution >= 4 is 11.4 Å². The van der Waals surface area contributed by atoms with Gasteiger partial charge in [0.2, 0.25) is 0 Å². The van der Waals surface area contributed by atoms with Crippen molar-refractivity contribution in [3.63, 3.8) is 0 Å². The summed E-state index contributed by atoms with van der Waals surface area (Å²) in [6, 6.07) is 13.8. The Bertz CT molecular complexity index is 500. The third kappa shape index (κ3) is 3.25. The van der Waals surface area contributed by atoms with Crippen LogP contribution in [-0.4, -0.2) is 5.11 Å². The van der Waals surface area contributed by atoms with E-state index in [1.807, 2.05) is 43.3 Å². The normalized spacial score (nSPS) is 10.3. The van der Waals surface area contributed by atoms with E-state index in [9.17, 15) is 0 Å². The van der Waals surface area contributed by atoms with Crippen LogP contribution in [-0.2, 0) is 13.2 Å². The molecule has 2 aromatic rings. The Hall–Kier alpha value is -2.00. The van der Waals surface area contributed by atoms with Gasteiger partial charge in [0.05, 0.1) is 6.61 Å². The summed E-state index contributed by atoms with van der Waals surface area (Å²) < 4.78 is 0. The molecular weight excluding hydrogens is 224 g/mol. The second-order valence-electron chi connectivity index (χ2n) is 4.46. The molecule has 4 N–H and O–H groups in total. The van der Waals surface area contributed by atoms with Crippen molar-refractivity contribution in [3.05, 3.63) is 59.2 Å². The molecular formula is C15H18N2O. The Kier molecular flexibility index (Phi) is 3.85. The minimum absolute atomic E-state index is 0.0854. The number of benzene rings is 2. The molecule has 0 aliphatic rings. The first-order chi connectivity index (χ1) is 8.67. The fourth-order valence-electron chi connectivity index (χ4n) is 1.88. The molecule has 0 spiro atoms. The van der Waals surface area contributed by atoms with Crippen LogP contribution in [0.3, 0.4) is 0 Å². The zero-order valence-electron chi connectivity index (χ0n) is 10.5. The molecule has 3 heteroatoms. The van der Waals surface area contributed by atoms with Crippen LogP contribution in [0, 0.1) is 6.92 Å². The Morgan fingerprint density at radius 2 is 1.72 bits per heavy atom. The summed E-state index contributed by atoms with van der Waals surface area (Å²) in [6.45, 7) is 2.86. The van der Waals surface area contributed by atoms with Crippen LogP contribution in [0.1, 0.15) is 16.7 Å². The second-order valence-corrected chi connectivity index (χ2v) is 4.46. The van der Waals surface area contributed by atoms with Crippen LogP contribution >= 0.6 is 0 Å². The Labute approximate surface area is 107 Å². The van der Waals surface area contributed by atoms with Gasteiger partial charge in [-0.05, 0) is 41.8 Å². The first-order valence-electron chi connectivity index (χ1n) is 5.97. The fraction of sp³-hybridized carbons (Fsp3) is 0.200. The lowest BCUT2D eigenvalue weighted by Gasteiger charge is -2.09. The van der Waals surface area contributed by atoms with Crippen molar-refractivity contribution in [3.8, 4) is 0 Å². The summed E-state index contributed by atoms with van der Waals surface area (Å²) in [4.78, 5) is 0. The quantitative estimate of drug-likeness (QED) is 0.722. The minimum Gasteiger partial charge on any atom is -0.399 e. The Balaban J connectivity index is 2.01. The molecule has 0 heterocycles. The van der Waals surface area contributed by atoms with E-state index in [4.69, 9.17) is 10.8 Å². The molecule has 0 saturated carbocycles. The average molecular weight is 242 g/mol. The summed E-state index contributed by atoms with van der Waals surface area (Å²) in [5, 5.41) is 12.3. The number of aliphatic hydroxyl groups is 1. The van der Waals surface area contributed by atoms with Crippen molar-refractivity contribution in [2.75, 3.05) is 11.1 Å². The van der Waals surface area contributed by atoms with Gasteiger partial charge in [0.1, 0.15) is 0 Å². The first-order valence-corrected chi connectivity index (χ1v) is 5.97. The van der Waals surface area contributed by atoms with Crippen LogP contribution in [0.15, 0.2) is 42.5 Å². The molecule has 0 radical (unpaired) electrons. The van der Waals surface area contributed by atoms with Crippen molar-refractivity contribution < 1.29 is 5.11 Å². The number of nitrogens with two attached hydrogens (primary N) is 1. The maximum Gasteiger partial charge on any atom is 0.0681 e. The molecule has 0 amide bonds. The third-order valence-corrected chi connectivity index (χ3v) is 2.80. The van der Waals surface area contributed by atoms with Gasteiger partial charge in [-0.3, -0.25) is 0 Å². The van der Waals surface area contributed by atoms with Gasteiger partial charge in [0.15, 0.2) is 0 Å². The number of hydrogen-bond acceptors (Lipinski definition) is 3. The Morgan fingerprint density at radius 3 is 2.33 bits per heavy atom. The molecule has 0 aromatic heterocycles. The number of nitrogen functional groups attached to an aromatic ring is 1. The van der Waals surface area contributed by atoms with Gasteiger partial charge < -0.3 is 16.2 Å². The zero-order valence-corrected chi connectivity index (χ0v) is 10.5. The number of aliphatic hydroxyl groups excluding tert-OH is 1. The molecule has 0 atom stereocenters. The highest BCUT2D eigenvalue weighted by molar-refractivity contribution is 5.56. The minimum atomic E-state index is 0.0854. The van der Waals surface area contributed by atoms with E-state index in [1.54, 1.807) is 0 Å². The van der Waals surface area contributed by atoms with Crippen LogP contribution in [0.25, 0.3) is 0 Å². The number of nitrogens with one attached hydrogen (secondary N) is 1. The molecule has 0 unspecified atom stereocenters. The SMILES string of the molecule is Cc1cc(N)cc(NCc2ccc(CO)cc2)c1. The molecule has 2 aromatic carbocycles. The smallest absolute Gasteiger partial charge is 0.0681 e. The highest BCUT2D eigenvalue weighted by Gasteiger charge is 1.97. The van der Waals surface area contributed by atoms with E-state index >= 15 is 0 Å². The van der Waals surface area contributed by atoms with Gasteiger partial charge >= 0.3 is 0 Å². The third-order valence-electron chi connectivity index (χ3n) is 2.80. The molecule has 2 rings (SSSR count). The molecule has 0 aliphatic heterocycles. The maximum absolute atomic E-state index is 8.97. The van der Waals surface area contributed by atoms with Gasteiger partial charge in [-0.2, -0.15) is 0 Å². The van der Waals surface area contributed by atoms with Crippen LogP contribution in [0.4, 0.5) is 11.4 Å². The summed E-state index contributed by atoms with van der Waals surface area (Å²) in [5.41, 5.74) is 10.8. The molecule has 3 nitrogen and oxygen atoms in total. The predicted molar refractivity (Wildman–Crippen MR) is 75.3 cm³/mol. The average Bonchev–Trinajstić information content (AvgIpc) is 2.36. The molecule has 0 fully saturated rings. The highest BCUT2D eigenvalue weighted by Crippen LogP contribution is 2.17. The molecule has 94 valence electrons. The van der Waals surface area contributed by atoms with E-state index in [2.05, 4.69) is 11.4 Å². The maximum atomic E-state index is 8.97. The van der Waals surface area contributed by atoms with E-state index in [0.717, 1.165) is 29.0 Å². The number of rotatable bonds is 4.